The SMILES string of the molecule is CCC(C)(CC(CC(C)(C)C(=O)O)c1ccccc1)C(=O)OC. The molecule has 2 atom stereocenters. The number of rotatable bonds is 8. The lowest BCUT2D eigenvalue weighted by molar-refractivity contribution is -0.153. The van der Waals surface area contributed by atoms with Crippen molar-refractivity contribution in [2.24, 2.45) is 10.8 Å². The van der Waals surface area contributed by atoms with Crippen LogP contribution >= 0.6 is 0 Å². The van der Waals surface area contributed by atoms with Gasteiger partial charge in [-0.1, -0.05) is 37.3 Å². The van der Waals surface area contributed by atoms with E-state index in [0.717, 1.165) is 5.56 Å². The number of benzene rings is 1. The first-order valence-electron chi connectivity index (χ1n) is 8.03. The van der Waals surface area contributed by atoms with E-state index in [2.05, 4.69) is 0 Å². The maximum Gasteiger partial charge on any atom is 0.311 e. The van der Waals surface area contributed by atoms with Crippen LogP contribution < -0.4 is 0 Å². The highest BCUT2D eigenvalue weighted by Crippen LogP contribution is 2.41. The summed E-state index contributed by atoms with van der Waals surface area (Å²) in [5.41, 5.74) is -0.417. The van der Waals surface area contributed by atoms with Crippen LogP contribution in [0, 0.1) is 10.8 Å². The number of carboxylic acid groups (broad SMARTS) is 1. The summed E-state index contributed by atoms with van der Waals surface area (Å²) in [7, 11) is 1.40. The zero-order valence-corrected chi connectivity index (χ0v) is 14.8. The lowest BCUT2D eigenvalue weighted by Gasteiger charge is -2.33. The van der Waals surface area contributed by atoms with Gasteiger partial charge in [-0.15, -0.1) is 0 Å². The molecule has 0 aliphatic rings. The minimum absolute atomic E-state index is 0.0219. The normalized spacial score (nSPS) is 15.5. The molecular weight excluding hydrogens is 292 g/mol. The first-order chi connectivity index (χ1) is 10.7. The van der Waals surface area contributed by atoms with Gasteiger partial charge in [0.2, 0.25) is 0 Å². The Bertz CT molecular complexity index is 536. The van der Waals surface area contributed by atoms with E-state index >= 15 is 0 Å². The molecule has 0 amide bonds. The van der Waals surface area contributed by atoms with Crippen molar-refractivity contribution in [1.29, 1.82) is 0 Å². The third-order valence-corrected chi connectivity index (χ3v) is 4.76. The number of methoxy groups -OCH3 is 1. The van der Waals surface area contributed by atoms with E-state index in [-0.39, 0.29) is 11.9 Å². The van der Waals surface area contributed by atoms with Gasteiger partial charge in [0.05, 0.1) is 17.9 Å². The van der Waals surface area contributed by atoms with E-state index in [0.29, 0.717) is 19.3 Å². The summed E-state index contributed by atoms with van der Waals surface area (Å²) in [6.45, 7) is 7.31. The van der Waals surface area contributed by atoms with Crippen LogP contribution in [0.25, 0.3) is 0 Å². The number of aliphatic carboxylic acids is 1. The second kappa shape index (κ2) is 7.62. The van der Waals surface area contributed by atoms with Crippen LogP contribution in [0.5, 0.6) is 0 Å². The van der Waals surface area contributed by atoms with Crippen LogP contribution in [-0.4, -0.2) is 24.2 Å². The highest BCUT2D eigenvalue weighted by molar-refractivity contribution is 5.76. The van der Waals surface area contributed by atoms with Crippen LogP contribution in [-0.2, 0) is 14.3 Å². The summed E-state index contributed by atoms with van der Waals surface area (Å²) in [6, 6.07) is 9.81. The minimum atomic E-state index is -0.856. The summed E-state index contributed by atoms with van der Waals surface area (Å²) >= 11 is 0. The third-order valence-electron chi connectivity index (χ3n) is 4.76. The molecule has 1 aromatic carbocycles. The van der Waals surface area contributed by atoms with Gasteiger partial charge in [-0.2, -0.15) is 0 Å². The van der Waals surface area contributed by atoms with Crippen LogP contribution in [0.1, 0.15) is 58.4 Å². The van der Waals surface area contributed by atoms with E-state index < -0.39 is 16.8 Å². The zero-order chi connectivity index (χ0) is 17.7. The Labute approximate surface area is 138 Å². The zero-order valence-electron chi connectivity index (χ0n) is 14.8. The van der Waals surface area contributed by atoms with Crippen molar-refractivity contribution >= 4 is 11.9 Å². The molecule has 2 unspecified atom stereocenters. The Kier molecular flexibility index (Phi) is 6.37. The topological polar surface area (TPSA) is 63.6 Å². The Hall–Kier alpha value is -1.84. The smallest absolute Gasteiger partial charge is 0.311 e. The van der Waals surface area contributed by atoms with E-state index in [1.54, 1.807) is 13.8 Å². The van der Waals surface area contributed by atoms with Crippen LogP contribution in [0.15, 0.2) is 30.3 Å². The average molecular weight is 320 g/mol. The average Bonchev–Trinajstić information content (AvgIpc) is 2.53. The van der Waals surface area contributed by atoms with Gasteiger partial charge in [-0.25, -0.2) is 0 Å². The first kappa shape index (κ1) is 19.2. The molecule has 128 valence electrons. The summed E-state index contributed by atoms with van der Waals surface area (Å²) in [6.07, 6.45) is 1.69. The maximum absolute atomic E-state index is 12.2. The van der Waals surface area contributed by atoms with Crippen molar-refractivity contribution < 1.29 is 19.4 Å². The fraction of sp³-hybridized carbons (Fsp3) is 0.579. The van der Waals surface area contributed by atoms with Crippen LogP contribution in [0.4, 0.5) is 0 Å². The summed E-state index contributed by atoms with van der Waals surface area (Å²) in [5.74, 6) is -1.09. The second-order valence-electron chi connectivity index (χ2n) is 7.11. The molecule has 0 aromatic heterocycles. The lowest BCUT2D eigenvalue weighted by atomic mass is 9.71. The highest BCUT2D eigenvalue weighted by atomic mass is 16.5. The standard InChI is InChI=1S/C19H28O4/c1-6-19(4,17(22)23-5)13-15(12-18(2,3)16(20)21)14-10-8-7-9-11-14/h7-11,15H,6,12-13H2,1-5H3,(H,20,21). The Morgan fingerprint density at radius 3 is 2.13 bits per heavy atom. The van der Waals surface area contributed by atoms with Gasteiger partial charge >= 0.3 is 11.9 Å². The molecule has 0 aliphatic carbocycles. The Balaban J connectivity index is 3.15. The highest BCUT2D eigenvalue weighted by Gasteiger charge is 2.39. The maximum atomic E-state index is 12.2. The van der Waals surface area contributed by atoms with Crippen molar-refractivity contribution in [3.05, 3.63) is 35.9 Å². The molecule has 1 rings (SSSR count). The predicted molar refractivity (Wildman–Crippen MR) is 90.2 cm³/mol. The van der Waals surface area contributed by atoms with E-state index in [1.807, 2.05) is 44.2 Å². The predicted octanol–water partition coefficient (Wildman–Crippen LogP) is 4.25. The fourth-order valence-corrected chi connectivity index (χ4v) is 2.90. The van der Waals surface area contributed by atoms with Crippen LogP contribution in [0.3, 0.4) is 0 Å². The van der Waals surface area contributed by atoms with E-state index in [9.17, 15) is 14.7 Å². The number of esters is 1. The summed E-state index contributed by atoms with van der Waals surface area (Å²) in [5, 5.41) is 9.46. The van der Waals surface area contributed by atoms with Gasteiger partial charge in [0.15, 0.2) is 0 Å². The monoisotopic (exact) mass is 320 g/mol. The molecule has 4 heteroatoms. The van der Waals surface area contributed by atoms with Crippen molar-refractivity contribution in [2.45, 2.75) is 52.9 Å². The second-order valence-corrected chi connectivity index (χ2v) is 7.11. The van der Waals surface area contributed by atoms with E-state index in [4.69, 9.17) is 4.74 Å². The fourth-order valence-electron chi connectivity index (χ4n) is 2.90. The van der Waals surface area contributed by atoms with Gasteiger partial charge < -0.3 is 9.84 Å². The quantitative estimate of drug-likeness (QED) is 0.727. The molecule has 0 bridgehead atoms. The molecule has 23 heavy (non-hydrogen) atoms. The lowest BCUT2D eigenvalue weighted by Crippen LogP contribution is -2.33. The number of ether oxygens (including phenoxy) is 1. The number of hydrogen-bond acceptors (Lipinski definition) is 3. The van der Waals surface area contributed by atoms with Gasteiger partial charge in [0.1, 0.15) is 0 Å². The minimum Gasteiger partial charge on any atom is -0.481 e. The van der Waals surface area contributed by atoms with Crippen molar-refractivity contribution in [2.75, 3.05) is 7.11 Å². The van der Waals surface area contributed by atoms with Gasteiger partial charge in [0.25, 0.3) is 0 Å². The molecule has 0 radical (unpaired) electrons. The Morgan fingerprint density at radius 2 is 1.70 bits per heavy atom. The largest absolute Gasteiger partial charge is 0.481 e. The number of carbonyl (C=O) groups is 2. The van der Waals surface area contributed by atoms with Crippen molar-refractivity contribution in [3.63, 3.8) is 0 Å². The molecule has 0 spiro atoms. The van der Waals surface area contributed by atoms with E-state index in [1.165, 1.54) is 7.11 Å². The Morgan fingerprint density at radius 1 is 1.13 bits per heavy atom. The first-order valence-corrected chi connectivity index (χ1v) is 8.03. The van der Waals surface area contributed by atoms with Crippen molar-refractivity contribution in [1.82, 2.24) is 0 Å². The van der Waals surface area contributed by atoms with Crippen LogP contribution in [0.2, 0.25) is 0 Å². The van der Waals surface area contributed by atoms with Gasteiger partial charge in [0, 0.05) is 0 Å². The molecule has 0 saturated heterocycles. The molecule has 0 aliphatic heterocycles. The van der Waals surface area contributed by atoms with Gasteiger partial charge in [-0.05, 0) is 51.5 Å². The number of hydrogen-bond donors (Lipinski definition) is 1. The number of carboxylic acids is 1. The summed E-state index contributed by atoms with van der Waals surface area (Å²) in [4.78, 5) is 23.7. The number of carbonyl (C=O) groups excluding carboxylic acids is 1. The molecule has 1 N–H and O–H groups in total. The molecule has 4 nitrogen and oxygen atoms in total. The summed E-state index contributed by atoms with van der Waals surface area (Å²) < 4.78 is 4.97. The molecular formula is C19H28O4. The van der Waals surface area contributed by atoms with Crippen molar-refractivity contribution in [3.8, 4) is 0 Å². The molecule has 0 fully saturated rings. The molecule has 0 saturated carbocycles. The molecule has 1 aromatic rings. The molecule has 0 heterocycles. The van der Waals surface area contributed by atoms with Gasteiger partial charge in [-0.3, -0.25) is 9.59 Å². The third kappa shape index (κ3) is 4.81.